The molecule has 0 radical (unpaired) electrons. The Balaban J connectivity index is 2.16. The zero-order chi connectivity index (χ0) is 13.5. The van der Waals surface area contributed by atoms with Crippen LogP contribution in [0.1, 0.15) is 0 Å². The second-order valence-electron chi connectivity index (χ2n) is 4.57. The number of para-hydroxylation sites is 1. The second kappa shape index (κ2) is 4.09. The van der Waals surface area contributed by atoms with E-state index in [1.165, 1.54) is 0 Å². The summed E-state index contributed by atoms with van der Waals surface area (Å²) in [7, 11) is 1.86. The van der Waals surface area contributed by atoms with Crippen LogP contribution in [0.5, 0.6) is 0 Å². The van der Waals surface area contributed by atoms with Crippen LogP contribution in [-0.4, -0.2) is 26.4 Å². The molecule has 0 aliphatic heterocycles. The van der Waals surface area contributed by atoms with Crippen molar-refractivity contribution in [2.24, 2.45) is 0 Å². The molecule has 0 fully saturated rings. The maximum absolute atomic E-state index is 4.51. The zero-order valence-corrected chi connectivity index (χ0v) is 11.0. The van der Waals surface area contributed by atoms with Gasteiger partial charge in [0.05, 0.1) is 11.2 Å². The molecule has 2 aromatic heterocycles. The van der Waals surface area contributed by atoms with E-state index in [1.807, 2.05) is 43.4 Å². The first-order valence-electron chi connectivity index (χ1n) is 6.48. The van der Waals surface area contributed by atoms with E-state index in [-0.39, 0.29) is 0 Å². The SMILES string of the molecule is CNc1nn2nc3ccccc3c2n1-c1ccccc1. The zero-order valence-electron chi connectivity index (χ0n) is 11.0. The monoisotopic (exact) mass is 263 g/mol. The van der Waals surface area contributed by atoms with Gasteiger partial charge in [-0.15, -0.1) is 14.8 Å². The number of fused-ring (bicyclic) bond motifs is 3. The van der Waals surface area contributed by atoms with Crippen LogP contribution in [0.15, 0.2) is 54.6 Å². The lowest BCUT2D eigenvalue weighted by Gasteiger charge is -2.06. The minimum atomic E-state index is 0.768. The summed E-state index contributed by atoms with van der Waals surface area (Å²) < 4.78 is 3.76. The van der Waals surface area contributed by atoms with Crippen molar-refractivity contribution in [2.45, 2.75) is 0 Å². The molecule has 0 saturated carbocycles. The van der Waals surface area contributed by atoms with Crippen molar-refractivity contribution in [2.75, 3.05) is 12.4 Å². The summed E-state index contributed by atoms with van der Waals surface area (Å²) in [6.45, 7) is 0. The van der Waals surface area contributed by atoms with Crippen molar-refractivity contribution in [1.29, 1.82) is 0 Å². The Kier molecular flexibility index (Phi) is 2.26. The molecular formula is C15H13N5. The van der Waals surface area contributed by atoms with Gasteiger partial charge in [0.1, 0.15) is 0 Å². The summed E-state index contributed by atoms with van der Waals surface area (Å²) in [5.74, 6) is 0.768. The van der Waals surface area contributed by atoms with Crippen LogP contribution in [0.25, 0.3) is 22.2 Å². The first-order chi connectivity index (χ1) is 9.88. The Hall–Kier alpha value is -2.82. The Morgan fingerprint density at radius 3 is 2.45 bits per heavy atom. The van der Waals surface area contributed by atoms with Crippen molar-refractivity contribution >= 4 is 22.5 Å². The molecule has 20 heavy (non-hydrogen) atoms. The van der Waals surface area contributed by atoms with Crippen molar-refractivity contribution in [3.63, 3.8) is 0 Å². The number of rotatable bonds is 2. The fraction of sp³-hybridized carbons (Fsp3) is 0.0667. The molecule has 98 valence electrons. The number of nitrogens with zero attached hydrogens (tertiary/aromatic N) is 4. The van der Waals surface area contributed by atoms with Gasteiger partial charge >= 0.3 is 0 Å². The lowest BCUT2D eigenvalue weighted by Crippen LogP contribution is -2.01. The number of anilines is 1. The third-order valence-electron chi connectivity index (χ3n) is 3.39. The molecule has 0 aliphatic carbocycles. The van der Waals surface area contributed by atoms with E-state index in [2.05, 4.69) is 38.3 Å². The van der Waals surface area contributed by atoms with E-state index in [9.17, 15) is 0 Å². The molecule has 4 aromatic rings. The van der Waals surface area contributed by atoms with Gasteiger partial charge in [0.25, 0.3) is 0 Å². The molecular weight excluding hydrogens is 250 g/mol. The van der Waals surface area contributed by atoms with E-state index < -0.39 is 0 Å². The highest BCUT2D eigenvalue weighted by Crippen LogP contribution is 2.25. The van der Waals surface area contributed by atoms with Gasteiger partial charge in [-0.3, -0.25) is 4.57 Å². The van der Waals surface area contributed by atoms with Gasteiger partial charge in [-0.2, -0.15) is 0 Å². The molecule has 0 bridgehead atoms. The third-order valence-corrected chi connectivity index (χ3v) is 3.39. The van der Waals surface area contributed by atoms with Crippen LogP contribution in [-0.2, 0) is 0 Å². The van der Waals surface area contributed by atoms with Crippen molar-refractivity contribution in [3.05, 3.63) is 54.6 Å². The van der Waals surface area contributed by atoms with Crippen LogP contribution in [0.4, 0.5) is 5.95 Å². The summed E-state index contributed by atoms with van der Waals surface area (Å²) >= 11 is 0. The molecule has 2 aromatic carbocycles. The minimum Gasteiger partial charge on any atom is -0.357 e. The van der Waals surface area contributed by atoms with Gasteiger partial charge in [-0.25, -0.2) is 0 Å². The normalized spacial score (nSPS) is 11.2. The molecule has 2 heterocycles. The predicted octanol–water partition coefficient (Wildman–Crippen LogP) is 2.71. The lowest BCUT2D eigenvalue weighted by molar-refractivity contribution is 0.837. The highest BCUT2D eigenvalue weighted by molar-refractivity contribution is 5.93. The summed E-state index contributed by atoms with van der Waals surface area (Å²) in [5, 5.41) is 13.2. The number of aromatic nitrogens is 4. The van der Waals surface area contributed by atoms with Gasteiger partial charge in [0.2, 0.25) is 5.95 Å². The molecule has 0 aliphatic rings. The number of hydrogen-bond donors (Lipinski definition) is 1. The van der Waals surface area contributed by atoms with E-state index in [4.69, 9.17) is 0 Å². The standard InChI is InChI=1S/C15H13N5/c1-16-15-18-20-14(12-9-5-6-10-13(12)17-20)19(15)11-7-3-2-4-8-11/h2-10H,1H3,(H,16,18). The lowest BCUT2D eigenvalue weighted by atomic mass is 10.2. The van der Waals surface area contributed by atoms with Crippen molar-refractivity contribution in [1.82, 2.24) is 19.4 Å². The van der Waals surface area contributed by atoms with Crippen LogP contribution in [0.3, 0.4) is 0 Å². The molecule has 0 spiro atoms. The first-order valence-corrected chi connectivity index (χ1v) is 6.48. The number of nitrogens with one attached hydrogen (secondary N) is 1. The van der Waals surface area contributed by atoms with Crippen LogP contribution >= 0.6 is 0 Å². The molecule has 0 atom stereocenters. The highest BCUT2D eigenvalue weighted by Gasteiger charge is 2.16. The van der Waals surface area contributed by atoms with Crippen molar-refractivity contribution < 1.29 is 0 Å². The van der Waals surface area contributed by atoms with E-state index in [0.29, 0.717) is 0 Å². The Morgan fingerprint density at radius 1 is 0.900 bits per heavy atom. The van der Waals surface area contributed by atoms with Gasteiger partial charge in [0, 0.05) is 12.4 Å². The molecule has 4 rings (SSSR count). The largest absolute Gasteiger partial charge is 0.357 e. The first kappa shape index (κ1) is 11.0. The second-order valence-corrected chi connectivity index (χ2v) is 4.57. The van der Waals surface area contributed by atoms with Gasteiger partial charge in [-0.05, 0) is 24.3 Å². The highest BCUT2D eigenvalue weighted by atomic mass is 15.5. The Bertz CT molecular complexity index is 889. The van der Waals surface area contributed by atoms with Gasteiger partial charge in [0.15, 0.2) is 5.65 Å². The molecule has 1 N–H and O–H groups in total. The topological polar surface area (TPSA) is 47.1 Å². The predicted molar refractivity (Wildman–Crippen MR) is 79.4 cm³/mol. The molecule has 0 amide bonds. The Labute approximate surface area is 115 Å². The van der Waals surface area contributed by atoms with Crippen molar-refractivity contribution in [3.8, 4) is 5.69 Å². The average Bonchev–Trinajstić information content (AvgIpc) is 3.03. The van der Waals surface area contributed by atoms with Crippen LogP contribution < -0.4 is 5.32 Å². The quantitative estimate of drug-likeness (QED) is 0.605. The summed E-state index contributed by atoms with van der Waals surface area (Å²) in [6, 6.07) is 18.2. The van der Waals surface area contributed by atoms with E-state index in [0.717, 1.165) is 28.2 Å². The average molecular weight is 263 g/mol. The molecule has 0 saturated heterocycles. The molecule has 0 unspecified atom stereocenters. The van der Waals surface area contributed by atoms with E-state index >= 15 is 0 Å². The van der Waals surface area contributed by atoms with Crippen LogP contribution in [0, 0.1) is 0 Å². The third kappa shape index (κ3) is 1.43. The molecule has 5 heteroatoms. The number of hydrogen-bond acceptors (Lipinski definition) is 3. The Morgan fingerprint density at radius 2 is 1.65 bits per heavy atom. The fourth-order valence-corrected chi connectivity index (χ4v) is 2.50. The van der Waals surface area contributed by atoms with Crippen LogP contribution in [0.2, 0.25) is 0 Å². The van der Waals surface area contributed by atoms with E-state index in [1.54, 1.807) is 4.63 Å². The maximum atomic E-state index is 4.51. The summed E-state index contributed by atoms with van der Waals surface area (Å²) in [6.07, 6.45) is 0. The maximum Gasteiger partial charge on any atom is 0.229 e. The fourth-order valence-electron chi connectivity index (χ4n) is 2.50. The van der Waals surface area contributed by atoms with Gasteiger partial charge in [-0.1, -0.05) is 30.3 Å². The van der Waals surface area contributed by atoms with Gasteiger partial charge < -0.3 is 5.32 Å². The molecule has 5 nitrogen and oxygen atoms in total. The smallest absolute Gasteiger partial charge is 0.229 e. The summed E-state index contributed by atoms with van der Waals surface area (Å²) in [4.78, 5) is 0. The minimum absolute atomic E-state index is 0.768. The summed E-state index contributed by atoms with van der Waals surface area (Å²) in [5.41, 5.74) is 2.98. The number of benzene rings is 2.